The van der Waals surface area contributed by atoms with Gasteiger partial charge in [0.1, 0.15) is 0 Å². The van der Waals surface area contributed by atoms with E-state index >= 15 is 0 Å². The maximum atomic E-state index is 5.65. The molecule has 2 nitrogen and oxygen atoms in total. The minimum atomic E-state index is 0.0822. The molecule has 2 rings (SSSR count). The lowest BCUT2D eigenvalue weighted by Gasteiger charge is -2.22. The van der Waals surface area contributed by atoms with Crippen molar-refractivity contribution in [1.82, 2.24) is 0 Å². The Morgan fingerprint density at radius 2 is 2.21 bits per heavy atom. The molecule has 2 fully saturated rings. The van der Waals surface area contributed by atoms with Gasteiger partial charge in [0.15, 0.2) is 6.29 Å². The minimum Gasteiger partial charge on any atom is -0.353 e. The summed E-state index contributed by atoms with van der Waals surface area (Å²) in [7, 11) is 0. The lowest BCUT2D eigenvalue weighted by atomic mass is 10.2. The molecule has 0 radical (unpaired) electrons. The summed E-state index contributed by atoms with van der Waals surface area (Å²) in [5, 5.41) is 0. The highest BCUT2D eigenvalue weighted by molar-refractivity contribution is 7.82. The van der Waals surface area contributed by atoms with E-state index in [1.807, 2.05) is 0 Å². The largest absolute Gasteiger partial charge is 0.353 e. The maximum absolute atomic E-state index is 5.65. The first-order chi connectivity index (χ1) is 6.79. The molecule has 0 bridgehead atoms. The van der Waals surface area contributed by atoms with Gasteiger partial charge in [-0.1, -0.05) is 0 Å². The van der Waals surface area contributed by atoms with Crippen LogP contribution in [0.25, 0.3) is 0 Å². The number of hydrogen-bond acceptors (Lipinski definition) is 3. The van der Waals surface area contributed by atoms with Crippen molar-refractivity contribution in [1.29, 1.82) is 0 Å². The predicted molar refractivity (Wildman–Crippen MR) is 59.7 cm³/mol. The van der Waals surface area contributed by atoms with Crippen LogP contribution in [-0.4, -0.2) is 24.3 Å². The smallest absolute Gasteiger partial charge is 0.157 e. The van der Waals surface area contributed by atoms with E-state index < -0.39 is 0 Å². The minimum absolute atomic E-state index is 0.0822. The fourth-order valence-corrected chi connectivity index (χ4v) is 2.12. The molecule has 1 unspecified atom stereocenters. The molecule has 0 aromatic carbocycles. The first-order valence-electron chi connectivity index (χ1n) is 5.74. The Morgan fingerprint density at radius 1 is 1.36 bits per heavy atom. The second-order valence-electron chi connectivity index (χ2n) is 4.49. The van der Waals surface area contributed by atoms with Crippen LogP contribution in [0.1, 0.15) is 44.9 Å². The molecule has 1 heterocycles. The number of thiol groups is 1. The van der Waals surface area contributed by atoms with Gasteiger partial charge in [-0.2, -0.15) is 12.6 Å². The molecule has 0 aromatic heterocycles. The van der Waals surface area contributed by atoms with Gasteiger partial charge in [0, 0.05) is 18.0 Å². The zero-order chi connectivity index (χ0) is 9.86. The average Bonchev–Trinajstić information content (AvgIpc) is 2.94. The molecule has 1 saturated carbocycles. The zero-order valence-corrected chi connectivity index (χ0v) is 9.60. The van der Waals surface area contributed by atoms with Gasteiger partial charge in [-0.3, -0.25) is 0 Å². The summed E-state index contributed by atoms with van der Waals surface area (Å²) in [5.74, 6) is 0. The van der Waals surface area contributed by atoms with Gasteiger partial charge >= 0.3 is 0 Å². The van der Waals surface area contributed by atoms with Crippen LogP contribution in [0.2, 0.25) is 0 Å². The van der Waals surface area contributed by atoms with E-state index in [0.717, 1.165) is 26.1 Å². The van der Waals surface area contributed by atoms with Crippen LogP contribution < -0.4 is 0 Å². The first-order valence-corrected chi connectivity index (χ1v) is 6.19. The van der Waals surface area contributed by atoms with Crippen molar-refractivity contribution in [2.75, 3.05) is 13.2 Å². The highest BCUT2D eigenvalue weighted by Crippen LogP contribution is 2.45. The molecule has 0 spiro atoms. The lowest BCUT2D eigenvalue weighted by Crippen LogP contribution is -2.22. The van der Waals surface area contributed by atoms with Gasteiger partial charge < -0.3 is 9.47 Å². The van der Waals surface area contributed by atoms with Gasteiger partial charge in [-0.15, -0.1) is 0 Å². The van der Waals surface area contributed by atoms with E-state index in [2.05, 4.69) is 12.6 Å². The van der Waals surface area contributed by atoms with Crippen LogP contribution in [0.3, 0.4) is 0 Å². The second-order valence-corrected chi connectivity index (χ2v) is 5.44. The number of hydrogen-bond donors (Lipinski definition) is 1. The highest BCUT2D eigenvalue weighted by atomic mass is 32.1. The Kier molecular flexibility index (Phi) is 3.74. The van der Waals surface area contributed by atoms with Crippen LogP contribution in [0.4, 0.5) is 0 Å². The third-order valence-electron chi connectivity index (χ3n) is 3.06. The van der Waals surface area contributed by atoms with Crippen molar-refractivity contribution < 1.29 is 9.47 Å². The van der Waals surface area contributed by atoms with E-state index in [9.17, 15) is 0 Å². The fraction of sp³-hybridized carbons (Fsp3) is 1.00. The zero-order valence-electron chi connectivity index (χ0n) is 8.71. The molecule has 1 aliphatic carbocycles. The Balaban J connectivity index is 1.49. The first kappa shape index (κ1) is 10.8. The van der Waals surface area contributed by atoms with Gasteiger partial charge in [0.2, 0.25) is 0 Å². The normalized spacial score (nSPS) is 30.2. The van der Waals surface area contributed by atoms with E-state index in [1.165, 1.54) is 32.1 Å². The van der Waals surface area contributed by atoms with Crippen LogP contribution in [-0.2, 0) is 9.47 Å². The summed E-state index contributed by atoms with van der Waals surface area (Å²) < 4.78 is 11.5. The van der Waals surface area contributed by atoms with Crippen molar-refractivity contribution in [2.45, 2.75) is 56.0 Å². The quantitative estimate of drug-likeness (QED) is 0.563. The van der Waals surface area contributed by atoms with Crippen LogP contribution in [0.5, 0.6) is 0 Å². The van der Waals surface area contributed by atoms with E-state index in [-0.39, 0.29) is 6.29 Å². The molecule has 14 heavy (non-hydrogen) atoms. The molecule has 1 atom stereocenters. The Labute approximate surface area is 91.8 Å². The third-order valence-corrected chi connectivity index (χ3v) is 3.73. The molecule has 1 aliphatic heterocycles. The lowest BCUT2D eigenvalue weighted by molar-refractivity contribution is -0.162. The molecule has 1 saturated heterocycles. The van der Waals surface area contributed by atoms with Crippen molar-refractivity contribution in [3.8, 4) is 0 Å². The van der Waals surface area contributed by atoms with Crippen molar-refractivity contribution in [3.05, 3.63) is 0 Å². The molecule has 0 N–H and O–H groups in total. The average molecular weight is 216 g/mol. The molecule has 3 heteroatoms. The SMILES string of the molecule is SC1(CCCOC2CCCCO2)CC1. The summed E-state index contributed by atoms with van der Waals surface area (Å²) in [6.07, 6.45) is 8.50. The Bertz CT molecular complexity index is 174. The van der Waals surface area contributed by atoms with Crippen LogP contribution in [0, 0.1) is 0 Å². The van der Waals surface area contributed by atoms with Gasteiger partial charge in [-0.25, -0.2) is 0 Å². The second kappa shape index (κ2) is 4.86. The summed E-state index contributed by atoms with van der Waals surface area (Å²) in [6.45, 7) is 1.72. The summed E-state index contributed by atoms with van der Waals surface area (Å²) in [6, 6.07) is 0. The molecule has 0 aromatic rings. The predicted octanol–water partition coefficient (Wildman–Crippen LogP) is 2.77. The summed E-state index contributed by atoms with van der Waals surface area (Å²) in [5.41, 5.74) is 0. The molecular weight excluding hydrogens is 196 g/mol. The summed E-state index contributed by atoms with van der Waals surface area (Å²) in [4.78, 5) is 0. The fourth-order valence-electron chi connectivity index (χ4n) is 1.85. The third kappa shape index (κ3) is 3.44. The van der Waals surface area contributed by atoms with Crippen molar-refractivity contribution in [3.63, 3.8) is 0 Å². The van der Waals surface area contributed by atoms with E-state index in [0.29, 0.717) is 4.75 Å². The van der Waals surface area contributed by atoms with Crippen molar-refractivity contribution in [2.24, 2.45) is 0 Å². The standard InChI is InChI=1S/C11H20O2S/c14-11(6-7-11)5-3-9-13-10-4-1-2-8-12-10/h10,14H,1-9H2. The number of ether oxygens (including phenoxy) is 2. The maximum Gasteiger partial charge on any atom is 0.157 e. The van der Waals surface area contributed by atoms with Gasteiger partial charge in [-0.05, 0) is 44.9 Å². The van der Waals surface area contributed by atoms with Gasteiger partial charge in [0.05, 0.1) is 0 Å². The Hall–Kier alpha value is 0.270. The number of rotatable bonds is 5. The van der Waals surface area contributed by atoms with E-state index in [4.69, 9.17) is 9.47 Å². The topological polar surface area (TPSA) is 18.5 Å². The highest BCUT2D eigenvalue weighted by Gasteiger charge is 2.37. The van der Waals surface area contributed by atoms with Gasteiger partial charge in [0.25, 0.3) is 0 Å². The monoisotopic (exact) mass is 216 g/mol. The molecule has 2 aliphatic rings. The van der Waals surface area contributed by atoms with Crippen LogP contribution >= 0.6 is 12.6 Å². The van der Waals surface area contributed by atoms with E-state index in [1.54, 1.807) is 0 Å². The van der Waals surface area contributed by atoms with Crippen molar-refractivity contribution >= 4 is 12.6 Å². The molecule has 0 amide bonds. The Morgan fingerprint density at radius 3 is 2.86 bits per heavy atom. The summed E-state index contributed by atoms with van der Waals surface area (Å²) >= 11 is 4.58. The van der Waals surface area contributed by atoms with Crippen LogP contribution in [0.15, 0.2) is 0 Å². The molecular formula is C11H20O2S. The molecule has 82 valence electrons.